The van der Waals surface area contributed by atoms with Crippen molar-refractivity contribution in [2.45, 2.75) is 12.8 Å². The molecule has 3 aromatic carbocycles. The van der Waals surface area contributed by atoms with E-state index in [4.69, 9.17) is 4.84 Å². The van der Waals surface area contributed by atoms with Gasteiger partial charge in [-0.15, -0.1) is 5.06 Å². The first-order chi connectivity index (χ1) is 14.9. The average molecular weight is 544 g/mol. The zero-order valence-electron chi connectivity index (χ0n) is 16.1. The molecular weight excluding hydrogens is 528 g/mol. The molecule has 4 rings (SSSR count). The predicted octanol–water partition coefficient (Wildman–Crippen LogP) is 5.90. The van der Waals surface area contributed by atoms with Crippen LogP contribution >= 0.6 is 31.9 Å². The van der Waals surface area contributed by atoms with Crippen LogP contribution in [0.4, 0.5) is 17.1 Å². The fourth-order valence-corrected chi connectivity index (χ4v) is 3.70. The summed E-state index contributed by atoms with van der Waals surface area (Å²) in [5.41, 5.74) is 2.94. The van der Waals surface area contributed by atoms with E-state index in [0.29, 0.717) is 5.06 Å². The SMILES string of the molecule is O=C(ON1C(=O)CCC1=O)c1ccc(N(c2ccc(Br)cc2)c2ccc(Br)cc2)cc1. The van der Waals surface area contributed by atoms with E-state index in [0.717, 1.165) is 26.0 Å². The number of rotatable bonds is 5. The van der Waals surface area contributed by atoms with Gasteiger partial charge < -0.3 is 9.74 Å². The Labute approximate surface area is 195 Å². The van der Waals surface area contributed by atoms with E-state index in [1.54, 1.807) is 24.3 Å². The summed E-state index contributed by atoms with van der Waals surface area (Å²) in [4.78, 5) is 42.8. The minimum atomic E-state index is -0.756. The van der Waals surface area contributed by atoms with Crippen LogP contribution in [0.5, 0.6) is 0 Å². The van der Waals surface area contributed by atoms with Gasteiger partial charge in [0.25, 0.3) is 11.8 Å². The zero-order chi connectivity index (χ0) is 22.0. The summed E-state index contributed by atoms with van der Waals surface area (Å²) in [5, 5.41) is 0.548. The molecule has 3 aromatic rings. The van der Waals surface area contributed by atoms with Crippen molar-refractivity contribution in [1.29, 1.82) is 0 Å². The van der Waals surface area contributed by atoms with Gasteiger partial charge in [0, 0.05) is 38.8 Å². The number of amides is 2. The van der Waals surface area contributed by atoms with Crippen LogP contribution < -0.4 is 4.90 Å². The molecule has 0 atom stereocenters. The maximum Gasteiger partial charge on any atom is 0.363 e. The summed E-state index contributed by atoms with van der Waals surface area (Å²) in [5.74, 6) is -1.77. The standard InChI is InChI=1S/C23H16Br2N2O4/c24-16-3-9-19(10-4-16)26(20-11-5-17(25)6-12-20)18-7-1-15(2-8-18)23(30)31-27-21(28)13-14-22(27)29/h1-12H,13-14H2. The molecular formula is C23H16Br2N2O4. The molecule has 8 heteroatoms. The first-order valence-electron chi connectivity index (χ1n) is 9.42. The summed E-state index contributed by atoms with van der Waals surface area (Å²) < 4.78 is 1.94. The van der Waals surface area contributed by atoms with Crippen LogP contribution in [0, 0.1) is 0 Å². The number of imide groups is 1. The Bertz CT molecular complexity index is 1070. The Morgan fingerprint density at radius 3 is 1.52 bits per heavy atom. The van der Waals surface area contributed by atoms with Crippen LogP contribution in [0.1, 0.15) is 23.2 Å². The van der Waals surface area contributed by atoms with Gasteiger partial charge in [-0.05, 0) is 72.8 Å². The predicted molar refractivity (Wildman–Crippen MR) is 123 cm³/mol. The van der Waals surface area contributed by atoms with Crippen LogP contribution in [0.25, 0.3) is 0 Å². The van der Waals surface area contributed by atoms with Crippen LogP contribution in [0.2, 0.25) is 0 Å². The number of hydrogen-bond acceptors (Lipinski definition) is 5. The van der Waals surface area contributed by atoms with Crippen LogP contribution in [0.3, 0.4) is 0 Å². The van der Waals surface area contributed by atoms with Crippen LogP contribution in [-0.4, -0.2) is 22.8 Å². The lowest BCUT2D eigenvalue weighted by molar-refractivity contribution is -0.172. The number of hydroxylamine groups is 2. The van der Waals surface area contributed by atoms with Crippen molar-refractivity contribution in [2.75, 3.05) is 4.90 Å². The van der Waals surface area contributed by atoms with Crippen molar-refractivity contribution in [3.63, 3.8) is 0 Å². The van der Waals surface area contributed by atoms with E-state index in [1.807, 2.05) is 53.4 Å². The highest BCUT2D eigenvalue weighted by molar-refractivity contribution is 9.10. The smallest absolute Gasteiger partial charge is 0.325 e. The van der Waals surface area contributed by atoms with Gasteiger partial charge in [-0.2, -0.15) is 0 Å². The maximum absolute atomic E-state index is 12.4. The Kier molecular flexibility index (Phi) is 6.20. The molecule has 0 saturated carbocycles. The second-order valence-corrected chi connectivity index (χ2v) is 8.63. The van der Waals surface area contributed by atoms with Gasteiger partial charge in [0.1, 0.15) is 0 Å². The Morgan fingerprint density at radius 1 is 0.710 bits per heavy atom. The van der Waals surface area contributed by atoms with Gasteiger partial charge in [0.2, 0.25) is 0 Å². The van der Waals surface area contributed by atoms with Gasteiger partial charge in [-0.3, -0.25) is 9.59 Å². The summed E-state index contributed by atoms with van der Waals surface area (Å²) in [6.45, 7) is 0. The van der Waals surface area contributed by atoms with Crippen LogP contribution in [0.15, 0.2) is 81.7 Å². The van der Waals surface area contributed by atoms with E-state index < -0.39 is 17.8 Å². The highest BCUT2D eigenvalue weighted by Crippen LogP contribution is 2.35. The molecule has 0 unspecified atom stereocenters. The number of halogens is 2. The second-order valence-electron chi connectivity index (χ2n) is 6.80. The second kappa shape index (κ2) is 9.03. The van der Waals surface area contributed by atoms with E-state index in [1.165, 1.54) is 0 Å². The summed E-state index contributed by atoms with van der Waals surface area (Å²) in [6.07, 6.45) is 0.112. The van der Waals surface area contributed by atoms with Gasteiger partial charge >= 0.3 is 5.97 Å². The molecule has 0 aliphatic carbocycles. The number of benzene rings is 3. The normalized spacial score (nSPS) is 13.4. The lowest BCUT2D eigenvalue weighted by Gasteiger charge is -2.25. The minimum absolute atomic E-state index is 0.0559. The summed E-state index contributed by atoms with van der Waals surface area (Å²) in [6, 6.07) is 22.5. The van der Waals surface area contributed by atoms with Gasteiger partial charge in [0.15, 0.2) is 0 Å². The Balaban J connectivity index is 1.62. The molecule has 0 radical (unpaired) electrons. The number of carbonyl (C=O) groups excluding carboxylic acids is 3. The third-order valence-corrected chi connectivity index (χ3v) is 5.77. The van der Waals surface area contributed by atoms with E-state index in [-0.39, 0.29) is 18.4 Å². The highest BCUT2D eigenvalue weighted by atomic mass is 79.9. The van der Waals surface area contributed by atoms with E-state index in [2.05, 4.69) is 31.9 Å². The number of nitrogens with zero attached hydrogens (tertiary/aromatic N) is 2. The molecule has 1 saturated heterocycles. The van der Waals surface area contributed by atoms with Crippen molar-refractivity contribution in [3.8, 4) is 0 Å². The Morgan fingerprint density at radius 2 is 1.10 bits per heavy atom. The fraction of sp³-hybridized carbons (Fsp3) is 0.0870. The van der Waals surface area contributed by atoms with Gasteiger partial charge in [-0.25, -0.2) is 4.79 Å². The summed E-state index contributed by atoms with van der Waals surface area (Å²) in [7, 11) is 0. The molecule has 2 amide bonds. The lowest BCUT2D eigenvalue weighted by atomic mass is 10.1. The molecule has 156 valence electrons. The maximum atomic E-state index is 12.4. The minimum Gasteiger partial charge on any atom is -0.325 e. The molecule has 1 aliphatic rings. The van der Waals surface area contributed by atoms with Crippen molar-refractivity contribution in [3.05, 3.63) is 87.3 Å². The van der Waals surface area contributed by atoms with E-state index in [9.17, 15) is 14.4 Å². The van der Waals surface area contributed by atoms with Crippen molar-refractivity contribution < 1.29 is 19.2 Å². The highest BCUT2D eigenvalue weighted by Gasteiger charge is 2.33. The molecule has 31 heavy (non-hydrogen) atoms. The Hall–Kier alpha value is -2.97. The average Bonchev–Trinajstić information content (AvgIpc) is 3.09. The lowest BCUT2D eigenvalue weighted by Crippen LogP contribution is -2.32. The molecule has 1 fully saturated rings. The largest absolute Gasteiger partial charge is 0.363 e. The van der Waals surface area contributed by atoms with Gasteiger partial charge in [0.05, 0.1) is 5.56 Å². The van der Waals surface area contributed by atoms with Crippen molar-refractivity contribution in [1.82, 2.24) is 5.06 Å². The van der Waals surface area contributed by atoms with Gasteiger partial charge in [-0.1, -0.05) is 31.9 Å². The third-order valence-electron chi connectivity index (χ3n) is 4.71. The fourth-order valence-electron chi connectivity index (χ4n) is 3.17. The van der Waals surface area contributed by atoms with Crippen molar-refractivity contribution in [2.24, 2.45) is 0 Å². The number of anilines is 3. The third kappa shape index (κ3) is 4.70. The monoisotopic (exact) mass is 542 g/mol. The van der Waals surface area contributed by atoms with E-state index >= 15 is 0 Å². The molecule has 1 aliphatic heterocycles. The molecule has 0 bridgehead atoms. The molecule has 0 aromatic heterocycles. The number of carbonyl (C=O) groups is 3. The summed E-state index contributed by atoms with van der Waals surface area (Å²) >= 11 is 6.92. The first kappa shape index (κ1) is 21.3. The van der Waals surface area contributed by atoms with Crippen molar-refractivity contribution >= 4 is 66.7 Å². The molecule has 6 nitrogen and oxygen atoms in total. The zero-order valence-corrected chi connectivity index (χ0v) is 19.3. The quantitative estimate of drug-likeness (QED) is 0.375. The number of hydrogen-bond donors (Lipinski definition) is 0. The topological polar surface area (TPSA) is 66.9 Å². The molecule has 0 spiro atoms. The first-order valence-corrected chi connectivity index (χ1v) is 11.0. The molecule has 0 N–H and O–H groups in total. The molecule has 1 heterocycles. The van der Waals surface area contributed by atoms with Crippen LogP contribution in [-0.2, 0) is 14.4 Å².